The van der Waals surface area contributed by atoms with E-state index in [2.05, 4.69) is 5.32 Å². The van der Waals surface area contributed by atoms with Gasteiger partial charge in [0.1, 0.15) is 5.58 Å². The predicted molar refractivity (Wildman–Crippen MR) is 114 cm³/mol. The van der Waals surface area contributed by atoms with E-state index >= 15 is 0 Å². The number of hydrogen-bond acceptors (Lipinski definition) is 5. The summed E-state index contributed by atoms with van der Waals surface area (Å²) < 4.78 is 5.35. The van der Waals surface area contributed by atoms with Crippen LogP contribution in [0.4, 0.5) is 11.4 Å². The van der Waals surface area contributed by atoms with Crippen LogP contribution in [-0.4, -0.2) is 10.8 Å². The molecule has 0 atom stereocenters. The van der Waals surface area contributed by atoms with Gasteiger partial charge in [-0.15, -0.1) is 0 Å². The van der Waals surface area contributed by atoms with E-state index in [4.69, 9.17) is 16.0 Å². The predicted octanol–water partition coefficient (Wildman–Crippen LogP) is 5.27. The van der Waals surface area contributed by atoms with Crippen LogP contribution in [0, 0.1) is 10.1 Å². The first kappa shape index (κ1) is 19.4. The molecule has 0 aliphatic carbocycles. The summed E-state index contributed by atoms with van der Waals surface area (Å²) in [6.07, 6.45) is 0. The largest absolute Gasteiger partial charge is 0.422 e. The second-order valence-electron chi connectivity index (χ2n) is 6.44. The minimum absolute atomic E-state index is 0.138. The Hall–Kier alpha value is -3.97. The standard InChI is InChI=1S/C22H13ClN2O5/c23-19-12-15(24-21(26)14-5-3-6-16(10-14)25(28)29)8-9-17(19)18-11-13-4-1-2-7-20(13)30-22(18)27/h1-12H,(H,24,26). The van der Waals surface area contributed by atoms with Gasteiger partial charge in [0.05, 0.1) is 15.5 Å². The molecular weight excluding hydrogens is 408 g/mol. The molecule has 148 valence electrons. The zero-order valence-corrected chi connectivity index (χ0v) is 16.1. The molecule has 0 fully saturated rings. The number of fused-ring (bicyclic) bond motifs is 1. The molecule has 0 unspecified atom stereocenters. The summed E-state index contributed by atoms with van der Waals surface area (Å²) in [6, 6.07) is 18.9. The van der Waals surface area contributed by atoms with Crippen molar-refractivity contribution in [3.8, 4) is 11.1 Å². The summed E-state index contributed by atoms with van der Waals surface area (Å²) in [6.45, 7) is 0. The molecule has 3 aromatic carbocycles. The lowest BCUT2D eigenvalue weighted by Gasteiger charge is -2.09. The van der Waals surface area contributed by atoms with Crippen LogP contribution < -0.4 is 10.9 Å². The molecule has 4 aromatic rings. The molecular formula is C22H13ClN2O5. The van der Waals surface area contributed by atoms with Gasteiger partial charge in [0.2, 0.25) is 0 Å². The lowest BCUT2D eigenvalue weighted by molar-refractivity contribution is -0.384. The van der Waals surface area contributed by atoms with Crippen LogP contribution in [-0.2, 0) is 0 Å². The van der Waals surface area contributed by atoms with E-state index in [0.717, 1.165) is 5.39 Å². The van der Waals surface area contributed by atoms with E-state index < -0.39 is 16.5 Å². The van der Waals surface area contributed by atoms with Crippen molar-refractivity contribution in [2.24, 2.45) is 0 Å². The maximum absolute atomic E-state index is 12.4. The van der Waals surface area contributed by atoms with Crippen molar-refractivity contribution in [2.75, 3.05) is 5.32 Å². The van der Waals surface area contributed by atoms with Crippen LogP contribution in [0.15, 0.2) is 82.0 Å². The highest BCUT2D eigenvalue weighted by Gasteiger charge is 2.14. The highest BCUT2D eigenvalue weighted by atomic mass is 35.5. The Bertz CT molecular complexity index is 1360. The Kier molecular flexibility index (Phi) is 5.04. The molecule has 0 radical (unpaired) electrons. The van der Waals surface area contributed by atoms with Gasteiger partial charge in [-0.05, 0) is 30.3 Å². The van der Waals surface area contributed by atoms with Gasteiger partial charge in [0.15, 0.2) is 0 Å². The van der Waals surface area contributed by atoms with Gasteiger partial charge in [0, 0.05) is 34.3 Å². The molecule has 1 amide bonds. The highest BCUT2D eigenvalue weighted by Crippen LogP contribution is 2.30. The van der Waals surface area contributed by atoms with Crippen LogP contribution >= 0.6 is 11.6 Å². The molecule has 0 spiro atoms. The van der Waals surface area contributed by atoms with E-state index in [-0.39, 0.29) is 16.3 Å². The smallest absolute Gasteiger partial charge is 0.344 e. The summed E-state index contributed by atoms with van der Waals surface area (Å²) in [5.74, 6) is -0.521. The van der Waals surface area contributed by atoms with E-state index in [1.807, 2.05) is 12.1 Å². The average Bonchev–Trinajstić information content (AvgIpc) is 2.73. The Morgan fingerprint density at radius 1 is 0.967 bits per heavy atom. The van der Waals surface area contributed by atoms with Crippen molar-refractivity contribution < 1.29 is 14.1 Å². The highest BCUT2D eigenvalue weighted by molar-refractivity contribution is 6.33. The maximum Gasteiger partial charge on any atom is 0.344 e. The number of hydrogen-bond donors (Lipinski definition) is 1. The number of nitrogens with zero attached hydrogens (tertiary/aromatic N) is 1. The first-order valence-corrected chi connectivity index (χ1v) is 9.19. The molecule has 7 nitrogen and oxygen atoms in total. The SMILES string of the molecule is O=C(Nc1ccc(-c2cc3ccccc3oc2=O)c(Cl)c1)c1cccc([N+](=O)[O-])c1. The van der Waals surface area contributed by atoms with Gasteiger partial charge in [-0.3, -0.25) is 14.9 Å². The van der Waals surface area contributed by atoms with Crippen molar-refractivity contribution in [2.45, 2.75) is 0 Å². The van der Waals surface area contributed by atoms with Crippen LogP contribution in [0.2, 0.25) is 5.02 Å². The average molecular weight is 421 g/mol. The number of carbonyl (C=O) groups excluding carboxylic acids is 1. The van der Waals surface area contributed by atoms with Crippen molar-refractivity contribution in [3.05, 3.63) is 104 Å². The van der Waals surface area contributed by atoms with Gasteiger partial charge in [-0.2, -0.15) is 0 Å². The number of halogens is 1. The third kappa shape index (κ3) is 3.78. The molecule has 0 bridgehead atoms. The number of nitro groups is 1. The molecule has 4 rings (SSSR count). The van der Waals surface area contributed by atoms with Gasteiger partial charge in [-0.1, -0.05) is 41.9 Å². The lowest BCUT2D eigenvalue weighted by atomic mass is 10.1. The lowest BCUT2D eigenvalue weighted by Crippen LogP contribution is -2.12. The summed E-state index contributed by atoms with van der Waals surface area (Å²) in [5, 5.41) is 14.5. The van der Waals surface area contributed by atoms with Crippen LogP contribution in [0.1, 0.15) is 10.4 Å². The Morgan fingerprint density at radius 3 is 2.53 bits per heavy atom. The molecule has 0 saturated heterocycles. The second-order valence-corrected chi connectivity index (χ2v) is 6.85. The maximum atomic E-state index is 12.4. The molecule has 30 heavy (non-hydrogen) atoms. The fourth-order valence-electron chi connectivity index (χ4n) is 3.02. The molecule has 0 saturated carbocycles. The second kappa shape index (κ2) is 7.81. The Labute approximate surface area is 174 Å². The number of nitrogens with one attached hydrogen (secondary N) is 1. The molecule has 1 heterocycles. The number of amides is 1. The number of rotatable bonds is 4. The zero-order chi connectivity index (χ0) is 21.3. The summed E-state index contributed by atoms with van der Waals surface area (Å²) >= 11 is 6.36. The van der Waals surface area contributed by atoms with Gasteiger partial charge < -0.3 is 9.73 Å². The quantitative estimate of drug-likeness (QED) is 0.275. The van der Waals surface area contributed by atoms with Gasteiger partial charge in [-0.25, -0.2) is 4.79 Å². The van der Waals surface area contributed by atoms with E-state index in [0.29, 0.717) is 22.4 Å². The van der Waals surface area contributed by atoms with Crippen molar-refractivity contribution in [1.82, 2.24) is 0 Å². The number of para-hydroxylation sites is 1. The first-order valence-electron chi connectivity index (χ1n) is 8.81. The zero-order valence-electron chi connectivity index (χ0n) is 15.3. The molecule has 0 aliphatic heterocycles. The summed E-state index contributed by atoms with van der Waals surface area (Å²) in [7, 11) is 0. The Morgan fingerprint density at radius 2 is 1.77 bits per heavy atom. The van der Waals surface area contributed by atoms with Gasteiger partial charge in [0.25, 0.3) is 11.6 Å². The molecule has 1 aromatic heterocycles. The number of carbonyl (C=O) groups is 1. The summed E-state index contributed by atoms with van der Waals surface area (Å²) in [5.41, 5.74) is 1.05. The van der Waals surface area contributed by atoms with Crippen molar-refractivity contribution in [1.29, 1.82) is 0 Å². The van der Waals surface area contributed by atoms with E-state index in [1.165, 1.54) is 30.3 Å². The molecule has 0 aliphatic rings. The normalized spacial score (nSPS) is 10.7. The fourth-order valence-corrected chi connectivity index (χ4v) is 3.31. The monoisotopic (exact) mass is 420 g/mol. The van der Waals surface area contributed by atoms with E-state index in [1.54, 1.807) is 30.3 Å². The third-order valence-electron chi connectivity index (χ3n) is 4.48. The van der Waals surface area contributed by atoms with Crippen molar-refractivity contribution in [3.63, 3.8) is 0 Å². The number of nitro benzene ring substituents is 1. The van der Waals surface area contributed by atoms with Crippen LogP contribution in [0.3, 0.4) is 0 Å². The summed E-state index contributed by atoms with van der Waals surface area (Å²) in [4.78, 5) is 35.1. The van der Waals surface area contributed by atoms with E-state index in [9.17, 15) is 19.7 Å². The van der Waals surface area contributed by atoms with Crippen molar-refractivity contribution >= 4 is 39.9 Å². The number of anilines is 1. The molecule has 1 N–H and O–H groups in total. The molecule has 8 heteroatoms. The van der Waals surface area contributed by atoms with Crippen LogP contribution in [0.5, 0.6) is 0 Å². The fraction of sp³-hybridized carbons (Fsp3) is 0. The first-order chi connectivity index (χ1) is 14.4. The third-order valence-corrected chi connectivity index (χ3v) is 4.79. The minimum atomic E-state index is -0.572. The van der Waals surface area contributed by atoms with Gasteiger partial charge >= 0.3 is 5.63 Å². The van der Waals surface area contributed by atoms with Crippen LogP contribution in [0.25, 0.3) is 22.1 Å². The topological polar surface area (TPSA) is 102 Å². The number of benzene rings is 3. The minimum Gasteiger partial charge on any atom is -0.422 e. The Balaban J connectivity index is 1.63. The number of non-ortho nitro benzene ring substituents is 1.